The van der Waals surface area contributed by atoms with Gasteiger partial charge in [0.25, 0.3) is 0 Å². The van der Waals surface area contributed by atoms with Gasteiger partial charge in [-0.25, -0.2) is 0 Å². The van der Waals surface area contributed by atoms with E-state index in [0.29, 0.717) is 0 Å². The maximum atomic E-state index is 12.3. The van der Waals surface area contributed by atoms with Crippen molar-refractivity contribution in [2.24, 2.45) is 11.7 Å². The summed E-state index contributed by atoms with van der Waals surface area (Å²) < 4.78 is 10.7. The SMILES string of the molecule is COc1ccccc1/C=C/[C@H](C)[C@](C)(N)C(=O)OC(C)(C)C. The molecule has 1 aromatic carbocycles. The molecule has 1 aromatic rings. The summed E-state index contributed by atoms with van der Waals surface area (Å²) in [6, 6.07) is 7.68. The average molecular weight is 305 g/mol. The van der Waals surface area contributed by atoms with Gasteiger partial charge in [-0.15, -0.1) is 0 Å². The molecule has 0 aliphatic carbocycles. The Kier molecular flexibility index (Phi) is 5.78. The van der Waals surface area contributed by atoms with Gasteiger partial charge in [0.15, 0.2) is 0 Å². The van der Waals surface area contributed by atoms with E-state index >= 15 is 0 Å². The molecule has 0 unspecified atom stereocenters. The molecule has 2 atom stereocenters. The fourth-order valence-corrected chi connectivity index (χ4v) is 1.83. The summed E-state index contributed by atoms with van der Waals surface area (Å²) in [6.07, 6.45) is 3.82. The number of benzene rings is 1. The highest BCUT2D eigenvalue weighted by Crippen LogP contribution is 2.24. The molecular formula is C18H27NO3. The van der Waals surface area contributed by atoms with Gasteiger partial charge in [-0.2, -0.15) is 0 Å². The molecule has 0 spiro atoms. The van der Waals surface area contributed by atoms with Crippen LogP contribution in [0.15, 0.2) is 30.3 Å². The topological polar surface area (TPSA) is 61.5 Å². The minimum Gasteiger partial charge on any atom is -0.496 e. The number of ether oxygens (including phenoxy) is 2. The maximum absolute atomic E-state index is 12.3. The van der Waals surface area contributed by atoms with Crippen molar-refractivity contribution in [2.75, 3.05) is 7.11 Å². The number of hydrogen-bond donors (Lipinski definition) is 1. The van der Waals surface area contributed by atoms with E-state index in [1.165, 1.54) is 0 Å². The first-order valence-electron chi connectivity index (χ1n) is 7.41. The largest absolute Gasteiger partial charge is 0.496 e. The van der Waals surface area contributed by atoms with Crippen LogP contribution in [0.1, 0.15) is 40.2 Å². The smallest absolute Gasteiger partial charge is 0.326 e. The van der Waals surface area contributed by atoms with Crippen LogP contribution < -0.4 is 10.5 Å². The lowest BCUT2D eigenvalue weighted by Crippen LogP contribution is -2.52. The second-order valence-corrected chi connectivity index (χ2v) is 6.67. The number of carbonyl (C=O) groups is 1. The second kappa shape index (κ2) is 6.97. The highest BCUT2D eigenvalue weighted by Gasteiger charge is 2.37. The molecule has 122 valence electrons. The summed E-state index contributed by atoms with van der Waals surface area (Å²) in [4.78, 5) is 12.3. The van der Waals surface area contributed by atoms with Crippen molar-refractivity contribution in [2.45, 2.75) is 45.8 Å². The van der Waals surface area contributed by atoms with Crippen LogP contribution in [0.2, 0.25) is 0 Å². The fourth-order valence-electron chi connectivity index (χ4n) is 1.83. The van der Waals surface area contributed by atoms with Crippen molar-refractivity contribution in [3.8, 4) is 5.75 Å². The maximum Gasteiger partial charge on any atom is 0.326 e. The first kappa shape index (κ1) is 18.2. The summed E-state index contributed by atoms with van der Waals surface area (Å²) >= 11 is 0. The Hall–Kier alpha value is -1.81. The van der Waals surface area contributed by atoms with Gasteiger partial charge < -0.3 is 15.2 Å². The molecule has 0 fully saturated rings. The normalized spacial score (nSPS) is 16.1. The summed E-state index contributed by atoms with van der Waals surface area (Å²) in [6.45, 7) is 9.08. The molecule has 0 heterocycles. The number of para-hydroxylation sites is 1. The molecule has 0 aliphatic rings. The third-order valence-corrected chi connectivity index (χ3v) is 3.49. The standard InChI is InChI=1S/C18H27NO3/c1-13(18(5,19)16(20)22-17(2,3)4)11-12-14-9-7-8-10-15(14)21-6/h7-13H,19H2,1-6H3/b12-11+/t13-,18-/m0/s1. The number of esters is 1. The molecule has 1 rings (SSSR count). The van der Waals surface area contributed by atoms with E-state index in [4.69, 9.17) is 15.2 Å². The van der Waals surface area contributed by atoms with Crippen LogP contribution in [-0.4, -0.2) is 24.2 Å². The minimum absolute atomic E-state index is 0.188. The van der Waals surface area contributed by atoms with Gasteiger partial charge in [0, 0.05) is 11.5 Å². The quantitative estimate of drug-likeness (QED) is 0.847. The van der Waals surface area contributed by atoms with Crippen LogP contribution in [0.5, 0.6) is 5.75 Å². The van der Waals surface area contributed by atoms with Crippen molar-refractivity contribution >= 4 is 12.0 Å². The Morgan fingerprint density at radius 1 is 1.23 bits per heavy atom. The Bertz CT molecular complexity index is 542. The van der Waals surface area contributed by atoms with Gasteiger partial charge in [0.05, 0.1) is 7.11 Å². The van der Waals surface area contributed by atoms with E-state index in [-0.39, 0.29) is 5.92 Å². The first-order valence-corrected chi connectivity index (χ1v) is 7.41. The molecule has 0 aliphatic heterocycles. The number of rotatable bonds is 5. The number of methoxy groups -OCH3 is 1. The number of carbonyl (C=O) groups excluding carboxylic acids is 1. The van der Waals surface area contributed by atoms with Crippen molar-refractivity contribution in [1.82, 2.24) is 0 Å². The van der Waals surface area contributed by atoms with Crippen molar-refractivity contribution < 1.29 is 14.3 Å². The molecule has 0 aromatic heterocycles. The monoisotopic (exact) mass is 305 g/mol. The second-order valence-electron chi connectivity index (χ2n) is 6.67. The molecule has 0 saturated carbocycles. The van der Waals surface area contributed by atoms with Crippen LogP contribution in [0.3, 0.4) is 0 Å². The van der Waals surface area contributed by atoms with E-state index in [1.54, 1.807) is 14.0 Å². The van der Waals surface area contributed by atoms with Crippen molar-refractivity contribution in [3.63, 3.8) is 0 Å². The van der Waals surface area contributed by atoms with Crippen molar-refractivity contribution in [3.05, 3.63) is 35.9 Å². The van der Waals surface area contributed by atoms with Gasteiger partial charge >= 0.3 is 5.97 Å². The van der Waals surface area contributed by atoms with Gasteiger partial charge in [-0.3, -0.25) is 4.79 Å². The molecular weight excluding hydrogens is 278 g/mol. The van der Waals surface area contributed by atoms with Crippen LogP contribution in [-0.2, 0) is 9.53 Å². The zero-order chi connectivity index (χ0) is 17.0. The molecule has 22 heavy (non-hydrogen) atoms. The van der Waals surface area contributed by atoms with E-state index in [9.17, 15) is 4.79 Å². The predicted octanol–water partition coefficient (Wildman–Crippen LogP) is 3.40. The van der Waals surface area contributed by atoms with Gasteiger partial charge in [0.2, 0.25) is 0 Å². The van der Waals surface area contributed by atoms with E-state index in [0.717, 1.165) is 11.3 Å². The predicted molar refractivity (Wildman–Crippen MR) is 89.6 cm³/mol. The minimum atomic E-state index is -1.09. The summed E-state index contributed by atoms with van der Waals surface area (Å²) in [5.41, 5.74) is 5.49. The van der Waals surface area contributed by atoms with Crippen LogP contribution in [0, 0.1) is 5.92 Å². The highest BCUT2D eigenvalue weighted by molar-refractivity contribution is 5.81. The fraction of sp³-hybridized carbons (Fsp3) is 0.500. The zero-order valence-corrected chi connectivity index (χ0v) is 14.3. The van der Waals surface area contributed by atoms with Crippen LogP contribution >= 0.6 is 0 Å². The summed E-state index contributed by atoms with van der Waals surface area (Å²) in [5, 5.41) is 0. The summed E-state index contributed by atoms with van der Waals surface area (Å²) in [7, 11) is 1.63. The van der Waals surface area contributed by atoms with E-state index < -0.39 is 17.1 Å². The lowest BCUT2D eigenvalue weighted by atomic mass is 9.87. The van der Waals surface area contributed by atoms with E-state index in [1.807, 2.05) is 64.1 Å². The zero-order valence-electron chi connectivity index (χ0n) is 14.3. The lowest BCUT2D eigenvalue weighted by Gasteiger charge is -2.31. The van der Waals surface area contributed by atoms with Crippen LogP contribution in [0.4, 0.5) is 0 Å². The Morgan fingerprint density at radius 3 is 2.36 bits per heavy atom. The van der Waals surface area contributed by atoms with Gasteiger partial charge in [-0.1, -0.05) is 37.3 Å². The number of hydrogen-bond acceptors (Lipinski definition) is 4. The molecule has 4 nitrogen and oxygen atoms in total. The van der Waals surface area contributed by atoms with E-state index in [2.05, 4.69) is 0 Å². The molecule has 0 saturated heterocycles. The Balaban J connectivity index is 2.88. The van der Waals surface area contributed by atoms with Gasteiger partial charge in [0.1, 0.15) is 16.9 Å². The number of nitrogens with two attached hydrogens (primary N) is 1. The Labute approximate surface area is 133 Å². The molecule has 0 amide bonds. The highest BCUT2D eigenvalue weighted by atomic mass is 16.6. The average Bonchev–Trinajstić information content (AvgIpc) is 2.43. The molecule has 0 bridgehead atoms. The third-order valence-electron chi connectivity index (χ3n) is 3.49. The molecule has 2 N–H and O–H groups in total. The van der Waals surface area contributed by atoms with Crippen molar-refractivity contribution in [1.29, 1.82) is 0 Å². The molecule has 0 radical (unpaired) electrons. The Morgan fingerprint density at radius 2 is 1.82 bits per heavy atom. The van der Waals surface area contributed by atoms with Gasteiger partial charge in [-0.05, 0) is 33.8 Å². The summed E-state index contributed by atoms with van der Waals surface area (Å²) in [5.74, 6) is 0.186. The lowest BCUT2D eigenvalue weighted by molar-refractivity contribution is -0.162. The molecule has 4 heteroatoms. The first-order chi connectivity index (χ1) is 10.1. The third kappa shape index (κ3) is 4.88. The van der Waals surface area contributed by atoms with Crippen LogP contribution in [0.25, 0.3) is 6.08 Å².